The van der Waals surface area contributed by atoms with E-state index in [1.165, 1.54) is 17.8 Å². The lowest BCUT2D eigenvalue weighted by Crippen LogP contribution is -2.07. The first-order valence-electron chi connectivity index (χ1n) is 8.29. The second kappa shape index (κ2) is 8.80. The van der Waals surface area contributed by atoms with Crippen molar-refractivity contribution >= 4 is 27.7 Å². The van der Waals surface area contributed by atoms with Crippen molar-refractivity contribution in [3.63, 3.8) is 0 Å². The number of nitrogens with zero attached hydrogens (tertiary/aromatic N) is 4. The Labute approximate surface area is 172 Å². The molecule has 0 radical (unpaired) electrons. The van der Waals surface area contributed by atoms with Crippen LogP contribution in [0.15, 0.2) is 58.2 Å². The summed E-state index contributed by atoms with van der Waals surface area (Å²) in [6.07, 6.45) is -3.39. The van der Waals surface area contributed by atoms with Gasteiger partial charge in [-0.3, -0.25) is 4.57 Å². The van der Waals surface area contributed by atoms with Crippen LogP contribution in [0.3, 0.4) is 0 Å². The van der Waals surface area contributed by atoms with Crippen molar-refractivity contribution in [1.82, 2.24) is 14.8 Å². The maximum Gasteiger partial charge on any atom is 0.416 e. The largest absolute Gasteiger partial charge is 0.416 e. The molecule has 4 nitrogen and oxygen atoms in total. The predicted molar refractivity (Wildman–Crippen MR) is 105 cm³/mol. The summed E-state index contributed by atoms with van der Waals surface area (Å²) in [4.78, 5) is 0. The van der Waals surface area contributed by atoms with Gasteiger partial charge >= 0.3 is 6.18 Å². The summed E-state index contributed by atoms with van der Waals surface area (Å²) >= 11 is 4.82. The first-order chi connectivity index (χ1) is 13.4. The van der Waals surface area contributed by atoms with E-state index in [0.29, 0.717) is 35.3 Å². The predicted octanol–water partition coefficient (Wildman–Crippen LogP) is 6.11. The van der Waals surface area contributed by atoms with E-state index in [1.807, 2.05) is 24.3 Å². The topological polar surface area (TPSA) is 54.5 Å². The van der Waals surface area contributed by atoms with E-state index < -0.39 is 11.7 Å². The molecular weight excluding hydrogens is 453 g/mol. The Morgan fingerprint density at radius 2 is 1.89 bits per heavy atom. The van der Waals surface area contributed by atoms with Crippen LogP contribution < -0.4 is 0 Å². The molecular formula is C19H14BrF3N4S. The van der Waals surface area contributed by atoms with Crippen molar-refractivity contribution in [3.05, 3.63) is 58.6 Å². The average Bonchev–Trinajstić information content (AvgIpc) is 3.09. The van der Waals surface area contributed by atoms with Crippen LogP contribution in [-0.4, -0.2) is 20.5 Å². The first-order valence-corrected chi connectivity index (χ1v) is 10.1. The Morgan fingerprint density at radius 3 is 2.61 bits per heavy atom. The zero-order chi connectivity index (χ0) is 20.1. The van der Waals surface area contributed by atoms with E-state index in [9.17, 15) is 13.2 Å². The molecule has 1 heterocycles. The number of halogens is 4. The number of nitriles is 1. The molecule has 0 saturated heterocycles. The maximum atomic E-state index is 13.2. The van der Waals surface area contributed by atoms with Crippen LogP contribution in [0.25, 0.3) is 17.1 Å². The normalized spacial score (nSPS) is 11.4. The number of unbranched alkanes of at least 4 members (excludes halogenated alkanes) is 1. The third-order valence-corrected chi connectivity index (χ3v) is 5.55. The van der Waals surface area contributed by atoms with Crippen LogP contribution in [0.5, 0.6) is 0 Å². The Morgan fingerprint density at radius 1 is 1.11 bits per heavy atom. The van der Waals surface area contributed by atoms with E-state index in [4.69, 9.17) is 5.26 Å². The number of hydrogen-bond acceptors (Lipinski definition) is 4. The number of thioether (sulfide) groups is 1. The standard InChI is InChI=1S/C19H14BrF3N4S/c20-16-9-2-1-8-15(16)17-25-26-18(28-11-4-3-10-24)27(17)14-7-5-6-13(12-14)19(21,22)23/h1-2,5-9,12H,3-4,11H2. The number of hydrogen-bond donors (Lipinski definition) is 0. The van der Waals surface area contributed by atoms with Gasteiger partial charge in [-0.2, -0.15) is 18.4 Å². The summed E-state index contributed by atoms with van der Waals surface area (Å²) in [5.41, 5.74) is 0.307. The van der Waals surface area contributed by atoms with Crippen molar-refractivity contribution < 1.29 is 13.2 Å². The van der Waals surface area contributed by atoms with Gasteiger partial charge in [0.15, 0.2) is 11.0 Å². The van der Waals surface area contributed by atoms with Gasteiger partial charge in [0, 0.05) is 22.2 Å². The third-order valence-electron chi connectivity index (χ3n) is 3.84. The Hall–Kier alpha value is -2.31. The van der Waals surface area contributed by atoms with E-state index in [0.717, 1.165) is 22.2 Å². The lowest BCUT2D eigenvalue weighted by atomic mass is 10.1. The van der Waals surface area contributed by atoms with Gasteiger partial charge in [-0.1, -0.05) is 52.0 Å². The molecule has 0 atom stereocenters. The number of benzene rings is 2. The minimum atomic E-state index is -4.45. The minimum Gasteiger partial charge on any atom is -0.270 e. The van der Waals surface area contributed by atoms with Crippen LogP contribution in [0, 0.1) is 11.3 Å². The zero-order valence-electron chi connectivity index (χ0n) is 14.4. The van der Waals surface area contributed by atoms with Crippen LogP contribution in [0.1, 0.15) is 18.4 Å². The van der Waals surface area contributed by atoms with Crippen LogP contribution in [0.2, 0.25) is 0 Å². The Bertz CT molecular complexity index is 1010. The molecule has 28 heavy (non-hydrogen) atoms. The fraction of sp³-hybridized carbons (Fsp3) is 0.211. The lowest BCUT2D eigenvalue weighted by molar-refractivity contribution is -0.137. The van der Waals surface area contributed by atoms with Gasteiger partial charge < -0.3 is 0 Å². The molecule has 1 aromatic heterocycles. The van der Waals surface area contributed by atoms with Crippen molar-refractivity contribution in [3.8, 4) is 23.1 Å². The molecule has 0 bridgehead atoms. The van der Waals surface area contributed by atoms with Gasteiger partial charge in [-0.15, -0.1) is 10.2 Å². The number of alkyl halides is 3. The molecule has 0 aliphatic heterocycles. The molecule has 144 valence electrons. The molecule has 0 aliphatic carbocycles. The highest BCUT2D eigenvalue weighted by Gasteiger charge is 2.31. The second-order valence-electron chi connectivity index (χ2n) is 5.78. The second-order valence-corrected chi connectivity index (χ2v) is 7.70. The summed E-state index contributed by atoms with van der Waals surface area (Å²) in [6, 6.07) is 14.5. The van der Waals surface area contributed by atoms with E-state index >= 15 is 0 Å². The fourth-order valence-corrected chi connectivity index (χ4v) is 3.90. The number of rotatable bonds is 6. The molecule has 3 rings (SSSR count). The van der Waals surface area contributed by atoms with Gasteiger partial charge in [0.05, 0.1) is 17.3 Å². The van der Waals surface area contributed by atoms with Gasteiger partial charge in [0.25, 0.3) is 0 Å². The molecule has 0 unspecified atom stereocenters. The SMILES string of the molecule is N#CCCCSc1nnc(-c2ccccc2Br)n1-c1cccc(C(F)(F)F)c1. The smallest absolute Gasteiger partial charge is 0.270 e. The van der Waals surface area contributed by atoms with Gasteiger partial charge in [0.2, 0.25) is 0 Å². The highest BCUT2D eigenvalue weighted by atomic mass is 79.9. The average molecular weight is 467 g/mol. The van der Waals surface area contributed by atoms with Crippen molar-refractivity contribution in [2.75, 3.05) is 5.75 Å². The van der Waals surface area contributed by atoms with E-state index in [1.54, 1.807) is 10.6 Å². The van der Waals surface area contributed by atoms with Gasteiger partial charge in [-0.05, 0) is 30.7 Å². The van der Waals surface area contributed by atoms with Crippen LogP contribution >= 0.6 is 27.7 Å². The van der Waals surface area contributed by atoms with E-state index in [2.05, 4.69) is 32.2 Å². The summed E-state index contributed by atoms with van der Waals surface area (Å²) < 4.78 is 42.0. The summed E-state index contributed by atoms with van der Waals surface area (Å²) in [7, 11) is 0. The highest BCUT2D eigenvalue weighted by Crippen LogP contribution is 2.35. The number of aromatic nitrogens is 3. The molecule has 0 amide bonds. The summed E-state index contributed by atoms with van der Waals surface area (Å²) in [6.45, 7) is 0. The first kappa shape index (κ1) is 20.4. The molecule has 2 aromatic carbocycles. The van der Waals surface area contributed by atoms with Crippen LogP contribution in [0.4, 0.5) is 13.2 Å². The molecule has 0 fully saturated rings. The molecule has 3 aromatic rings. The quantitative estimate of drug-likeness (QED) is 0.324. The molecule has 9 heteroatoms. The van der Waals surface area contributed by atoms with Crippen molar-refractivity contribution in [2.24, 2.45) is 0 Å². The van der Waals surface area contributed by atoms with E-state index in [-0.39, 0.29) is 0 Å². The monoisotopic (exact) mass is 466 g/mol. The van der Waals surface area contributed by atoms with Crippen LogP contribution in [-0.2, 0) is 6.18 Å². The molecule has 0 aliphatic rings. The molecule has 0 N–H and O–H groups in total. The van der Waals surface area contributed by atoms with Crippen molar-refractivity contribution in [1.29, 1.82) is 5.26 Å². The zero-order valence-corrected chi connectivity index (χ0v) is 16.9. The molecule has 0 spiro atoms. The lowest BCUT2D eigenvalue weighted by Gasteiger charge is -2.13. The molecule has 0 saturated carbocycles. The minimum absolute atomic E-state index is 0.327. The third kappa shape index (κ3) is 4.56. The van der Waals surface area contributed by atoms with Crippen molar-refractivity contribution in [2.45, 2.75) is 24.2 Å². The Balaban J connectivity index is 2.10. The van der Waals surface area contributed by atoms with Gasteiger partial charge in [-0.25, -0.2) is 0 Å². The Kier molecular flexibility index (Phi) is 6.42. The summed E-state index contributed by atoms with van der Waals surface area (Å²) in [5.74, 6) is 1.05. The highest BCUT2D eigenvalue weighted by molar-refractivity contribution is 9.10. The maximum absolute atomic E-state index is 13.2. The van der Waals surface area contributed by atoms with Gasteiger partial charge in [0.1, 0.15) is 0 Å². The fourth-order valence-electron chi connectivity index (χ4n) is 2.55. The summed E-state index contributed by atoms with van der Waals surface area (Å²) in [5, 5.41) is 17.6.